The molecule has 0 fully saturated rings. The van der Waals surface area contributed by atoms with E-state index in [0.29, 0.717) is 23.5 Å². The number of hydrogen-bond donors (Lipinski definition) is 1. The third kappa shape index (κ3) is 5.57. The highest BCUT2D eigenvalue weighted by Gasteiger charge is 2.23. The van der Waals surface area contributed by atoms with Crippen LogP contribution in [0.15, 0.2) is 18.2 Å². The SMILES string of the molecule is CN(C)CCNC(=O)CN(c1ccc(F)cc1F)S(C)(=O)=O. The molecule has 0 aliphatic rings. The summed E-state index contributed by atoms with van der Waals surface area (Å²) in [6.07, 6.45) is 0.850. The second kappa shape index (κ2) is 7.50. The maximum Gasteiger partial charge on any atom is 0.240 e. The highest BCUT2D eigenvalue weighted by Crippen LogP contribution is 2.22. The van der Waals surface area contributed by atoms with Crippen LogP contribution in [-0.4, -0.2) is 59.2 Å². The van der Waals surface area contributed by atoms with Gasteiger partial charge in [-0.05, 0) is 26.2 Å². The zero-order valence-corrected chi connectivity index (χ0v) is 13.5. The number of carbonyl (C=O) groups excluding carboxylic acids is 1. The van der Waals surface area contributed by atoms with Crippen LogP contribution in [0.2, 0.25) is 0 Å². The number of nitrogens with one attached hydrogen (secondary N) is 1. The molecule has 0 heterocycles. The number of rotatable bonds is 7. The first-order valence-corrected chi connectivity index (χ1v) is 8.30. The Hall–Kier alpha value is -1.74. The molecule has 1 aromatic carbocycles. The Balaban J connectivity index is 2.89. The number of benzene rings is 1. The van der Waals surface area contributed by atoms with Crippen molar-refractivity contribution in [2.45, 2.75) is 0 Å². The molecular formula is C13H19F2N3O3S. The summed E-state index contributed by atoms with van der Waals surface area (Å²) < 4.78 is 50.8. The Morgan fingerprint density at radius 2 is 1.91 bits per heavy atom. The van der Waals surface area contributed by atoms with Crippen LogP contribution >= 0.6 is 0 Å². The van der Waals surface area contributed by atoms with Crippen molar-refractivity contribution in [1.29, 1.82) is 0 Å². The molecule has 124 valence electrons. The van der Waals surface area contributed by atoms with Gasteiger partial charge in [0.25, 0.3) is 0 Å². The van der Waals surface area contributed by atoms with E-state index < -0.39 is 34.1 Å². The summed E-state index contributed by atoms with van der Waals surface area (Å²) in [6.45, 7) is 0.333. The van der Waals surface area contributed by atoms with Crippen LogP contribution in [0.1, 0.15) is 0 Å². The zero-order valence-electron chi connectivity index (χ0n) is 12.6. The molecule has 0 saturated heterocycles. The quantitative estimate of drug-likeness (QED) is 0.784. The Kier molecular flexibility index (Phi) is 6.24. The van der Waals surface area contributed by atoms with E-state index in [1.807, 2.05) is 19.0 Å². The Bertz CT molecular complexity index is 635. The molecule has 6 nitrogen and oxygen atoms in total. The summed E-state index contributed by atoms with van der Waals surface area (Å²) in [7, 11) is -0.246. The fraction of sp³-hybridized carbons (Fsp3) is 0.462. The second-order valence-corrected chi connectivity index (χ2v) is 6.93. The third-order valence-electron chi connectivity index (χ3n) is 2.75. The van der Waals surface area contributed by atoms with Crippen LogP contribution in [0, 0.1) is 11.6 Å². The van der Waals surface area contributed by atoms with E-state index in [2.05, 4.69) is 5.32 Å². The molecule has 0 atom stereocenters. The van der Waals surface area contributed by atoms with E-state index >= 15 is 0 Å². The van der Waals surface area contributed by atoms with Gasteiger partial charge < -0.3 is 10.2 Å². The van der Waals surface area contributed by atoms with Gasteiger partial charge in [0, 0.05) is 19.2 Å². The van der Waals surface area contributed by atoms with Gasteiger partial charge in [0.05, 0.1) is 11.9 Å². The first-order chi connectivity index (χ1) is 10.1. The van der Waals surface area contributed by atoms with Gasteiger partial charge >= 0.3 is 0 Å². The summed E-state index contributed by atoms with van der Waals surface area (Å²) in [6, 6.07) is 2.48. The molecule has 0 radical (unpaired) electrons. The van der Waals surface area contributed by atoms with Gasteiger partial charge in [-0.2, -0.15) is 0 Å². The van der Waals surface area contributed by atoms with Gasteiger partial charge in [0.2, 0.25) is 15.9 Å². The molecule has 22 heavy (non-hydrogen) atoms. The Morgan fingerprint density at radius 3 is 2.41 bits per heavy atom. The number of likely N-dealkylation sites (N-methyl/N-ethyl adjacent to an activating group) is 1. The van der Waals surface area contributed by atoms with E-state index in [0.717, 1.165) is 18.4 Å². The number of carbonyl (C=O) groups is 1. The molecule has 0 aromatic heterocycles. The van der Waals surface area contributed by atoms with Crippen LogP contribution in [0.5, 0.6) is 0 Å². The number of anilines is 1. The second-order valence-electron chi connectivity index (χ2n) is 5.02. The fourth-order valence-electron chi connectivity index (χ4n) is 1.67. The number of amides is 1. The average molecular weight is 335 g/mol. The van der Waals surface area contributed by atoms with Crippen molar-refractivity contribution in [3.8, 4) is 0 Å². The predicted octanol–water partition coefficient (Wildman–Crippen LogP) is 0.409. The lowest BCUT2D eigenvalue weighted by Gasteiger charge is -2.22. The maximum atomic E-state index is 13.8. The summed E-state index contributed by atoms with van der Waals surface area (Å²) in [5, 5.41) is 2.53. The molecule has 1 amide bonds. The van der Waals surface area contributed by atoms with Gasteiger partial charge in [0.1, 0.15) is 18.2 Å². The molecule has 0 aliphatic heterocycles. The molecule has 0 aliphatic carbocycles. The van der Waals surface area contributed by atoms with E-state index in [1.165, 1.54) is 0 Å². The normalized spacial score (nSPS) is 11.5. The maximum absolute atomic E-state index is 13.8. The van der Waals surface area contributed by atoms with Crippen molar-refractivity contribution in [1.82, 2.24) is 10.2 Å². The smallest absolute Gasteiger partial charge is 0.240 e. The van der Waals surface area contributed by atoms with Crippen LogP contribution in [0.4, 0.5) is 14.5 Å². The van der Waals surface area contributed by atoms with Crippen LogP contribution in [0.3, 0.4) is 0 Å². The number of halogens is 2. The monoisotopic (exact) mass is 335 g/mol. The fourth-order valence-corrected chi connectivity index (χ4v) is 2.53. The summed E-state index contributed by atoms with van der Waals surface area (Å²) in [4.78, 5) is 13.6. The molecule has 0 bridgehead atoms. The topological polar surface area (TPSA) is 69.7 Å². The van der Waals surface area contributed by atoms with Gasteiger partial charge in [-0.1, -0.05) is 0 Å². The third-order valence-corrected chi connectivity index (χ3v) is 3.87. The van der Waals surface area contributed by atoms with Crippen molar-refractivity contribution in [3.63, 3.8) is 0 Å². The van der Waals surface area contributed by atoms with E-state index in [1.54, 1.807) is 0 Å². The molecule has 1 rings (SSSR count). The van der Waals surface area contributed by atoms with Crippen molar-refractivity contribution in [2.24, 2.45) is 0 Å². The first kappa shape index (κ1) is 18.3. The van der Waals surface area contributed by atoms with Gasteiger partial charge in [-0.15, -0.1) is 0 Å². The predicted molar refractivity (Wildman–Crippen MR) is 80.1 cm³/mol. The highest BCUT2D eigenvalue weighted by atomic mass is 32.2. The van der Waals surface area contributed by atoms with Crippen molar-refractivity contribution < 1.29 is 22.0 Å². The molecule has 1 N–H and O–H groups in total. The molecule has 0 unspecified atom stereocenters. The Morgan fingerprint density at radius 1 is 1.27 bits per heavy atom. The number of sulfonamides is 1. The lowest BCUT2D eigenvalue weighted by molar-refractivity contribution is -0.119. The summed E-state index contributed by atoms with van der Waals surface area (Å²) >= 11 is 0. The molecule has 0 spiro atoms. The minimum absolute atomic E-state index is 0.329. The van der Waals surface area contributed by atoms with Gasteiger partial charge in [-0.25, -0.2) is 17.2 Å². The van der Waals surface area contributed by atoms with E-state index in [4.69, 9.17) is 0 Å². The standard InChI is InChI=1S/C13H19F2N3O3S/c1-17(2)7-6-16-13(19)9-18(22(3,20)21)12-5-4-10(14)8-11(12)15/h4-5,8H,6-7,9H2,1-3H3,(H,16,19). The molecular weight excluding hydrogens is 316 g/mol. The average Bonchev–Trinajstić information content (AvgIpc) is 2.35. The van der Waals surface area contributed by atoms with Gasteiger partial charge in [-0.3, -0.25) is 9.10 Å². The van der Waals surface area contributed by atoms with Crippen molar-refractivity contribution >= 4 is 21.6 Å². The molecule has 9 heteroatoms. The van der Waals surface area contributed by atoms with Crippen LogP contribution in [-0.2, 0) is 14.8 Å². The van der Waals surface area contributed by atoms with Crippen LogP contribution < -0.4 is 9.62 Å². The van der Waals surface area contributed by atoms with E-state index in [9.17, 15) is 22.0 Å². The largest absolute Gasteiger partial charge is 0.353 e. The Labute approximate surface area is 128 Å². The zero-order chi connectivity index (χ0) is 16.9. The van der Waals surface area contributed by atoms with Gasteiger partial charge in [0.15, 0.2) is 0 Å². The van der Waals surface area contributed by atoms with Crippen LogP contribution in [0.25, 0.3) is 0 Å². The first-order valence-electron chi connectivity index (χ1n) is 6.45. The van der Waals surface area contributed by atoms with Crippen molar-refractivity contribution in [2.75, 3.05) is 44.3 Å². The number of nitrogens with zero attached hydrogens (tertiary/aromatic N) is 2. The molecule has 0 saturated carbocycles. The lowest BCUT2D eigenvalue weighted by Crippen LogP contribution is -2.42. The minimum Gasteiger partial charge on any atom is -0.353 e. The minimum atomic E-state index is -3.89. The molecule has 1 aromatic rings. The van der Waals surface area contributed by atoms with Crippen molar-refractivity contribution in [3.05, 3.63) is 29.8 Å². The van der Waals surface area contributed by atoms with E-state index in [-0.39, 0.29) is 5.69 Å². The summed E-state index contributed by atoms with van der Waals surface area (Å²) in [5.41, 5.74) is -0.369. The highest BCUT2D eigenvalue weighted by molar-refractivity contribution is 7.92. The summed E-state index contributed by atoms with van der Waals surface area (Å²) in [5.74, 6) is -2.45. The number of hydrogen-bond acceptors (Lipinski definition) is 4. The lowest BCUT2D eigenvalue weighted by atomic mass is 10.3.